The summed E-state index contributed by atoms with van der Waals surface area (Å²) in [6, 6.07) is 7.56. The van der Waals surface area contributed by atoms with E-state index in [2.05, 4.69) is 0 Å². The predicted octanol–water partition coefficient (Wildman–Crippen LogP) is 4.55. The van der Waals surface area contributed by atoms with Crippen molar-refractivity contribution in [1.82, 2.24) is 0 Å². The molecule has 1 atom stereocenters. The molecule has 1 aromatic heterocycles. The van der Waals surface area contributed by atoms with Crippen LogP contribution in [0.5, 0.6) is 0 Å². The summed E-state index contributed by atoms with van der Waals surface area (Å²) in [5, 5.41) is 1.08. The van der Waals surface area contributed by atoms with Gasteiger partial charge in [0.2, 0.25) is 0 Å². The minimum atomic E-state index is -1.56. The molecule has 2 N–H and O–H groups in total. The van der Waals surface area contributed by atoms with Crippen LogP contribution in [0.2, 0.25) is 5.02 Å². The van der Waals surface area contributed by atoms with Crippen molar-refractivity contribution in [3.8, 4) is 0 Å². The average molecular weight is 312 g/mol. The fraction of sp³-hybridized carbons (Fsp3) is 0.0667. The van der Waals surface area contributed by atoms with Crippen LogP contribution in [0.4, 0.5) is 13.2 Å². The molecule has 2 nitrogen and oxygen atoms in total. The molecular formula is C15H9ClF3NO. The lowest BCUT2D eigenvalue weighted by molar-refractivity contribution is 0.432. The van der Waals surface area contributed by atoms with Crippen molar-refractivity contribution in [2.45, 2.75) is 6.04 Å². The van der Waals surface area contributed by atoms with E-state index in [1.807, 2.05) is 0 Å². The molecule has 3 rings (SSSR count). The molecule has 6 heteroatoms. The van der Waals surface area contributed by atoms with E-state index in [0.29, 0.717) is 16.0 Å². The minimum Gasteiger partial charge on any atom is -0.457 e. The van der Waals surface area contributed by atoms with Gasteiger partial charge in [0, 0.05) is 10.9 Å². The van der Waals surface area contributed by atoms with Crippen LogP contribution in [0, 0.1) is 17.5 Å². The highest BCUT2D eigenvalue weighted by Crippen LogP contribution is 2.32. The van der Waals surface area contributed by atoms with Crippen LogP contribution in [0.1, 0.15) is 17.4 Å². The average Bonchev–Trinajstić information content (AvgIpc) is 2.90. The Labute approximate surface area is 122 Å². The summed E-state index contributed by atoms with van der Waals surface area (Å²) in [4.78, 5) is 0. The fourth-order valence-electron chi connectivity index (χ4n) is 2.13. The number of rotatable bonds is 2. The summed E-state index contributed by atoms with van der Waals surface area (Å²) < 4.78 is 45.5. The third-order valence-electron chi connectivity index (χ3n) is 3.22. The molecule has 0 aliphatic carbocycles. The first-order valence-corrected chi connectivity index (χ1v) is 6.43. The van der Waals surface area contributed by atoms with Crippen LogP contribution in [0.25, 0.3) is 11.0 Å². The summed E-state index contributed by atoms with van der Waals surface area (Å²) in [5.74, 6) is -3.94. The maximum atomic E-state index is 13.8. The lowest BCUT2D eigenvalue weighted by atomic mass is 10.0. The van der Waals surface area contributed by atoms with Crippen molar-refractivity contribution >= 4 is 22.6 Å². The largest absolute Gasteiger partial charge is 0.457 e. The van der Waals surface area contributed by atoms with E-state index in [9.17, 15) is 13.2 Å². The first-order valence-electron chi connectivity index (χ1n) is 6.06. The van der Waals surface area contributed by atoms with Crippen molar-refractivity contribution in [3.05, 3.63) is 70.2 Å². The van der Waals surface area contributed by atoms with Gasteiger partial charge in [-0.05, 0) is 18.2 Å². The molecule has 0 radical (unpaired) electrons. The number of hydrogen-bond acceptors (Lipinski definition) is 2. The molecule has 0 fully saturated rings. The Morgan fingerprint density at radius 3 is 2.52 bits per heavy atom. The maximum Gasteiger partial charge on any atom is 0.194 e. The molecular weight excluding hydrogens is 303 g/mol. The molecule has 21 heavy (non-hydrogen) atoms. The topological polar surface area (TPSA) is 39.2 Å². The molecule has 3 aromatic rings. The molecule has 108 valence electrons. The van der Waals surface area contributed by atoms with Crippen LogP contribution >= 0.6 is 11.6 Å². The highest BCUT2D eigenvalue weighted by atomic mass is 35.5. The van der Waals surface area contributed by atoms with Gasteiger partial charge in [-0.25, -0.2) is 13.2 Å². The zero-order valence-electron chi connectivity index (χ0n) is 10.5. The first-order chi connectivity index (χ1) is 9.99. The fourth-order valence-corrected chi connectivity index (χ4v) is 2.36. The van der Waals surface area contributed by atoms with Gasteiger partial charge in [0.15, 0.2) is 23.0 Å². The van der Waals surface area contributed by atoms with Gasteiger partial charge < -0.3 is 10.2 Å². The van der Waals surface area contributed by atoms with Crippen LogP contribution < -0.4 is 5.73 Å². The van der Waals surface area contributed by atoms with Crippen LogP contribution in [0.15, 0.2) is 40.8 Å². The molecule has 0 spiro atoms. The molecule has 0 amide bonds. The van der Waals surface area contributed by atoms with E-state index < -0.39 is 23.5 Å². The summed E-state index contributed by atoms with van der Waals surface area (Å²) in [6.45, 7) is 0. The molecule has 0 saturated carbocycles. The normalized spacial score (nSPS) is 12.8. The molecule has 0 aliphatic rings. The number of benzene rings is 2. The second-order valence-corrected chi connectivity index (χ2v) is 4.96. The van der Waals surface area contributed by atoms with E-state index in [0.717, 1.165) is 12.1 Å². The predicted molar refractivity (Wildman–Crippen MR) is 73.6 cm³/mol. The van der Waals surface area contributed by atoms with Crippen LogP contribution in [-0.4, -0.2) is 0 Å². The van der Waals surface area contributed by atoms with Gasteiger partial charge in [-0.15, -0.1) is 0 Å². The van der Waals surface area contributed by atoms with Crippen LogP contribution in [0.3, 0.4) is 0 Å². The Morgan fingerprint density at radius 1 is 1.05 bits per heavy atom. The van der Waals surface area contributed by atoms with E-state index in [4.69, 9.17) is 21.8 Å². The van der Waals surface area contributed by atoms with Gasteiger partial charge in [-0.2, -0.15) is 0 Å². The van der Waals surface area contributed by atoms with Gasteiger partial charge in [-0.1, -0.05) is 29.8 Å². The number of nitrogens with two attached hydrogens (primary N) is 1. The Hall–Kier alpha value is -1.98. The summed E-state index contributed by atoms with van der Waals surface area (Å²) in [5.41, 5.74) is 6.10. The SMILES string of the molecule is NC(c1cc2cccc(Cl)c2o1)c1ccc(F)c(F)c1F. The van der Waals surface area contributed by atoms with E-state index >= 15 is 0 Å². The minimum absolute atomic E-state index is 0.191. The van der Waals surface area contributed by atoms with Crippen molar-refractivity contribution in [2.75, 3.05) is 0 Å². The molecule has 2 aromatic carbocycles. The summed E-state index contributed by atoms with van der Waals surface area (Å²) >= 11 is 5.98. The van der Waals surface area contributed by atoms with Gasteiger partial charge in [0.25, 0.3) is 0 Å². The highest BCUT2D eigenvalue weighted by Gasteiger charge is 2.22. The summed E-state index contributed by atoms with van der Waals surface area (Å²) in [6.07, 6.45) is 0. The van der Waals surface area contributed by atoms with Gasteiger partial charge in [0.05, 0.1) is 11.1 Å². The standard InChI is InChI=1S/C15H9ClF3NO/c16-9-3-1-2-7-6-11(21-15(7)9)14(20)8-4-5-10(17)13(19)12(8)18/h1-6,14H,20H2. The number of furan rings is 1. The zero-order valence-corrected chi connectivity index (χ0v) is 11.3. The smallest absolute Gasteiger partial charge is 0.194 e. The van der Waals surface area contributed by atoms with Crippen molar-refractivity contribution in [2.24, 2.45) is 5.73 Å². The molecule has 0 saturated heterocycles. The Morgan fingerprint density at radius 2 is 1.81 bits per heavy atom. The van der Waals surface area contributed by atoms with Gasteiger partial charge in [0.1, 0.15) is 5.76 Å². The lowest BCUT2D eigenvalue weighted by Gasteiger charge is -2.10. The van der Waals surface area contributed by atoms with E-state index in [-0.39, 0.29) is 11.3 Å². The molecule has 1 heterocycles. The number of halogens is 4. The van der Waals surface area contributed by atoms with Gasteiger partial charge >= 0.3 is 0 Å². The quantitative estimate of drug-likeness (QED) is 0.705. The molecule has 0 aliphatic heterocycles. The molecule has 1 unspecified atom stereocenters. The lowest BCUT2D eigenvalue weighted by Crippen LogP contribution is -2.14. The second-order valence-electron chi connectivity index (χ2n) is 4.55. The van der Waals surface area contributed by atoms with E-state index in [1.165, 1.54) is 0 Å². The Kier molecular flexibility index (Phi) is 3.39. The number of hydrogen-bond donors (Lipinski definition) is 1. The van der Waals surface area contributed by atoms with Gasteiger partial charge in [-0.3, -0.25) is 0 Å². The Bertz CT molecular complexity index is 831. The number of fused-ring (bicyclic) bond motifs is 1. The first kappa shape index (κ1) is 14.0. The second kappa shape index (κ2) is 5.09. The summed E-state index contributed by atoms with van der Waals surface area (Å²) in [7, 11) is 0. The highest BCUT2D eigenvalue weighted by molar-refractivity contribution is 6.34. The molecule has 0 bridgehead atoms. The van der Waals surface area contributed by atoms with E-state index in [1.54, 1.807) is 24.3 Å². The zero-order chi connectivity index (χ0) is 15.1. The number of para-hydroxylation sites is 1. The monoisotopic (exact) mass is 311 g/mol. The van der Waals surface area contributed by atoms with Crippen molar-refractivity contribution in [3.63, 3.8) is 0 Å². The van der Waals surface area contributed by atoms with Crippen LogP contribution in [-0.2, 0) is 0 Å². The third kappa shape index (κ3) is 2.28. The Balaban J connectivity index is 2.10. The third-order valence-corrected chi connectivity index (χ3v) is 3.52. The van der Waals surface area contributed by atoms with Crippen molar-refractivity contribution < 1.29 is 17.6 Å². The maximum absolute atomic E-state index is 13.8. The van der Waals surface area contributed by atoms with Crippen molar-refractivity contribution in [1.29, 1.82) is 0 Å².